The Morgan fingerprint density at radius 3 is 2.54 bits per heavy atom. The third-order valence-corrected chi connectivity index (χ3v) is 5.53. The second-order valence-electron chi connectivity index (χ2n) is 7.60. The van der Waals surface area contributed by atoms with Crippen molar-refractivity contribution in [2.24, 2.45) is 5.92 Å². The van der Waals surface area contributed by atoms with Crippen LogP contribution in [0.25, 0.3) is 0 Å². The zero-order valence-electron chi connectivity index (χ0n) is 15.5. The van der Waals surface area contributed by atoms with Crippen molar-refractivity contribution in [2.45, 2.75) is 57.5 Å². The summed E-state index contributed by atoms with van der Waals surface area (Å²) in [6.07, 6.45) is 11.3. The molecule has 2 aliphatic rings. The van der Waals surface area contributed by atoms with Gasteiger partial charge in [-0.05, 0) is 56.3 Å². The van der Waals surface area contributed by atoms with Crippen LogP contribution in [0.15, 0.2) is 24.5 Å². The van der Waals surface area contributed by atoms with E-state index in [-0.39, 0.29) is 6.04 Å². The van der Waals surface area contributed by atoms with Crippen LogP contribution >= 0.6 is 0 Å². The minimum Gasteiger partial charge on any atom is -0.348 e. The van der Waals surface area contributed by atoms with E-state index in [1.807, 2.05) is 12.3 Å². The van der Waals surface area contributed by atoms with Crippen LogP contribution in [0.4, 0.5) is 0 Å². The first-order valence-electron chi connectivity index (χ1n) is 9.90. The molecule has 2 heterocycles. The van der Waals surface area contributed by atoms with Gasteiger partial charge in [0.1, 0.15) is 0 Å². The van der Waals surface area contributed by atoms with Crippen molar-refractivity contribution in [1.82, 2.24) is 20.5 Å². The van der Waals surface area contributed by atoms with Crippen LogP contribution in [0.1, 0.15) is 50.5 Å². The molecular formula is C20H30N4O2. The van der Waals surface area contributed by atoms with Crippen LogP contribution in [0.2, 0.25) is 0 Å². The Labute approximate surface area is 155 Å². The van der Waals surface area contributed by atoms with Gasteiger partial charge in [0.15, 0.2) is 0 Å². The van der Waals surface area contributed by atoms with E-state index in [1.165, 1.54) is 12.0 Å². The fraction of sp³-hybridized carbons (Fsp3) is 0.650. The summed E-state index contributed by atoms with van der Waals surface area (Å²) >= 11 is 0. The van der Waals surface area contributed by atoms with E-state index in [0.29, 0.717) is 12.5 Å². The molecule has 0 atom stereocenters. The molecule has 26 heavy (non-hydrogen) atoms. The highest BCUT2D eigenvalue weighted by Gasteiger charge is 2.23. The van der Waals surface area contributed by atoms with Gasteiger partial charge in [-0.15, -0.1) is 0 Å². The summed E-state index contributed by atoms with van der Waals surface area (Å²) in [7, 11) is 0. The minimum atomic E-state index is -0.478. The molecule has 2 amide bonds. The second-order valence-corrected chi connectivity index (χ2v) is 7.60. The number of hydrogen-bond donors (Lipinski definition) is 2. The van der Waals surface area contributed by atoms with Crippen LogP contribution in [0, 0.1) is 5.92 Å². The fourth-order valence-electron chi connectivity index (χ4n) is 3.91. The van der Waals surface area contributed by atoms with E-state index in [9.17, 15) is 9.59 Å². The van der Waals surface area contributed by atoms with Crippen LogP contribution in [-0.4, -0.2) is 47.4 Å². The number of pyridine rings is 1. The highest BCUT2D eigenvalue weighted by molar-refractivity contribution is 6.35. The normalized spacial score (nSPS) is 19.8. The Morgan fingerprint density at radius 2 is 1.85 bits per heavy atom. The van der Waals surface area contributed by atoms with Gasteiger partial charge in [0, 0.05) is 31.5 Å². The van der Waals surface area contributed by atoms with Gasteiger partial charge in [0.2, 0.25) is 0 Å². The largest absolute Gasteiger partial charge is 0.348 e. The monoisotopic (exact) mass is 358 g/mol. The second kappa shape index (κ2) is 9.67. The molecule has 1 aromatic rings. The zero-order valence-corrected chi connectivity index (χ0v) is 15.5. The maximum absolute atomic E-state index is 12.0. The lowest BCUT2D eigenvalue weighted by Gasteiger charge is -2.32. The van der Waals surface area contributed by atoms with Crippen molar-refractivity contribution in [1.29, 1.82) is 0 Å². The summed E-state index contributed by atoms with van der Waals surface area (Å²) in [6, 6.07) is 4.25. The van der Waals surface area contributed by atoms with Crippen molar-refractivity contribution < 1.29 is 9.59 Å². The van der Waals surface area contributed by atoms with Gasteiger partial charge in [-0.3, -0.25) is 19.5 Å². The first-order valence-corrected chi connectivity index (χ1v) is 9.90. The predicted molar refractivity (Wildman–Crippen MR) is 100 cm³/mol. The first-order chi connectivity index (χ1) is 12.7. The number of hydrogen-bond acceptors (Lipinski definition) is 4. The highest BCUT2D eigenvalue weighted by atomic mass is 16.2. The number of amides is 2. The molecular weight excluding hydrogens is 328 g/mol. The standard InChI is InChI=1S/C20H30N4O2/c25-19(20(26)23-18-6-2-1-3-7-18)22-14-16-8-11-24(12-9-16)15-17-5-4-10-21-13-17/h4-5,10,13,16,18H,1-3,6-9,11-12,14-15H2,(H,22,25)(H,23,26). The van der Waals surface area contributed by atoms with Crippen LogP contribution < -0.4 is 10.6 Å². The molecule has 2 N–H and O–H groups in total. The Balaban J connectivity index is 1.32. The molecule has 0 bridgehead atoms. The molecule has 6 heteroatoms. The Kier molecular flexibility index (Phi) is 7.00. The van der Waals surface area contributed by atoms with E-state index in [1.54, 1.807) is 6.20 Å². The van der Waals surface area contributed by atoms with Gasteiger partial charge >= 0.3 is 11.8 Å². The summed E-state index contributed by atoms with van der Waals surface area (Å²) in [5, 5.41) is 5.70. The molecule has 1 aliphatic carbocycles. The number of likely N-dealkylation sites (tertiary alicyclic amines) is 1. The van der Waals surface area contributed by atoms with Crippen molar-refractivity contribution in [3.05, 3.63) is 30.1 Å². The first kappa shape index (κ1) is 18.8. The smallest absolute Gasteiger partial charge is 0.309 e. The van der Waals surface area contributed by atoms with Gasteiger partial charge in [-0.2, -0.15) is 0 Å². The molecule has 1 saturated heterocycles. The number of carbonyl (C=O) groups is 2. The molecule has 3 rings (SSSR count). The van der Waals surface area contributed by atoms with Crippen LogP contribution in [0.5, 0.6) is 0 Å². The molecule has 1 saturated carbocycles. The number of nitrogens with one attached hydrogen (secondary N) is 2. The number of carbonyl (C=O) groups excluding carboxylic acids is 2. The number of rotatable bonds is 5. The van der Waals surface area contributed by atoms with E-state index in [4.69, 9.17) is 0 Å². The summed E-state index contributed by atoms with van der Waals surface area (Å²) in [6.45, 7) is 3.56. The Bertz CT molecular complexity index is 579. The van der Waals surface area contributed by atoms with E-state index < -0.39 is 11.8 Å². The SMILES string of the molecule is O=C(NCC1CCN(Cc2cccnc2)CC1)C(=O)NC1CCCCC1. The average molecular weight is 358 g/mol. The molecule has 142 valence electrons. The molecule has 1 aliphatic heterocycles. The maximum atomic E-state index is 12.0. The van der Waals surface area contributed by atoms with Gasteiger partial charge in [0.25, 0.3) is 0 Å². The van der Waals surface area contributed by atoms with E-state index >= 15 is 0 Å². The summed E-state index contributed by atoms with van der Waals surface area (Å²) in [5.74, 6) is -0.495. The third-order valence-electron chi connectivity index (χ3n) is 5.53. The van der Waals surface area contributed by atoms with E-state index in [2.05, 4.69) is 26.6 Å². The van der Waals surface area contributed by atoms with Crippen LogP contribution in [-0.2, 0) is 16.1 Å². The number of aromatic nitrogens is 1. The predicted octanol–water partition coefficient (Wildman–Crippen LogP) is 1.86. The summed E-state index contributed by atoms with van der Waals surface area (Å²) in [4.78, 5) is 30.6. The van der Waals surface area contributed by atoms with Gasteiger partial charge < -0.3 is 10.6 Å². The van der Waals surface area contributed by atoms with Gasteiger partial charge in [-0.25, -0.2) is 0 Å². The third kappa shape index (κ3) is 5.80. The zero-order chi connectivity index (χ0) is 18.2. The van der Waals surface area contributed by atoms with Crippen molar-refractivity contribution >= 4 is 11.8 Å². The fourth-order valence-corrected chi connectivity index (χ4v) is 3.91. The Morgan fingerprint density at radius 1 is 1.08 bits per heavy atom. The quantitative estimate of drug-likeness (QED) is 0.788. The van der Waals surface area contributed by atoms with Crippen molar-refractivity contribution in [3.63, 3.8) is 0 Å². The van der Waals surface area contributed by atoms with Crippen molar-refractivity contribution in [3.8, 4) is 0 Å². The molecule has 0 unspecified atom stereocenters. The highest BCUT2D eigenvalue weighted by Crippen LogP contribution is 2.19. The topological polar surface area (TPSA) is 74.3 Å². The lowest BCUT2D eigenvalue weighted by Crippen LogP contribution is -2.47. The molecule has 6 nitrogen and oxygen atoms in total. The number of piperidine rings is 1. The van der Waals surface area contributed by atoms with Crippen molar-refractivity contribution in [2.75, 3.05) is 19.6 Å². The summed E-state index contributed by atoms with van der Waals surface area (Å²) in [5.41, 5.74) is 1.23. The molecule has 0 aromatic carbocycles. The number of nitrogens with zero attached hydrogens (tertiary/aromatic N) is 2. The van der Waals surface area contributed by atoms with Crippen LogP contribution in [0.3, 0.4) is 0 Å². The lowest BCUT2D eigenvalue weighted by molar-refractivity contribution is -0.139. The van der Waals surface area contributed by atoms with E-state index in [0.717, 1.165) is 58.2 Å². The maximum Gasteiger partial charge on any atom is 0.309 e. The summed E-state index contributed by atoms with van der Waals surface area (Å²) < 4.78 is 0. The Hall–Kier alpha value is -1.95. The molecule has 1 aromatic heterocycles. The minimum absolute atomic E-state index is 0.178. The average Bonchev–Trinajstić information content (AvgIpc) is 2.69. The van der Waals surface area contributed by atoms with Gasteiger partial charge in [0.05, 0.1) is 0 Å². The lowest BCUT2D eigenvalue weighted by atomic mass is 9.95. The molecule has 0 radical (unpaired) electrons. The van der Waals surface area contributed by atoms with Gasteiger partial charge in [-0.1, -0.05) is 25.3 Å². The molecule has 0 spiro atoms. The molecule has 2 fully saturated rings.